The third kappa shape index (κ3) is 3.22. The summed E-state index contributed by atoms with van der Waals surface area (Å²) < 4.78 is 0. The average Bonchev–Trinajstić information content (AvgIpc) is 2.47. The molecule has 0 saturated carbocycles. The first kappa shape index (κ1) is 15.1. The Kier molecular flexibility index (Phi) is 4.59. The SMILES string of the molecule is CCNC(C)c1cnc(-c2ccccc2[N+](=O)[O-])nc1C. The maximum Gasteiger partial charge on any atom is 0.280 e. The highest BCUT2D eigenvalue weighted by Gasteiger charge is 2.18. The number of hydrogen-bond donors (Lipinski definition) is 1. The predicted molar refractivity (Wildman–Crippen MR) is 81.0 cm³/mol. The molecule has 2 aromatic rings. The van der Waals surface area contributed by atoms with Gasteiger partial charge in [-0.15, -0.1) is 0 Å². The normalized spacial score (nSPS) is 12.1. The van der Waals surface area contributed by atoms with Crippen molar-refractivity contribution in [2.24, 2.45) is 0 Å². The molecule has 1 aromatic carbocycles. The van der Waals surface area contributed by atoms with Gasteiger partial charge in [-0.05, 0) is 26.5 Å². The van der Waals surface area contributed by atoms with E-state index in [1.54, 1.807) is 24.4 Å². The summed E-state index contributed by atoms with van der Waals surface area (Å²) in [4.78, 5) is 19.4. The Morgan fingerprint density at radius 1 is 1.38 bits per heavy atom. The number of nitrogens with one attached hydrogen (secondary N) is 1. The lowest BCUT2D eigenvalue weighted by molar-refractivity contribution is -0.384. The fraction of sp³-hybridized carbons (Fsp3) is 0.333. The van der Waals surface area contributed by atoms with E-state index in [1.807, 2.05) is 20.8 Å². The lowest BCUT2D eigenvalue weighted by atomic mass is 10.1. The summed E-state index contributed by atoms with van der Waals surface area (Å²) in [6, 6.07) is 6.66. The first-order valence-corrected chi connectivity index (χ1v) is 6.85. The zero-order chi connectivity index (χ0) is 15.4. The molecule has 1 unspecified atom stereocenters. The number of nitro groups is 1. The lowest BCUT2D eigenvalue weighted by Gasteiger charge is -2.15. The van der Waals surface area contributed by atoms with Crippen molar-refractivity contribution < 1.29 is 4.92 Å². The summed E-state index contributed by atoms with van der Waals surface area (Å²) >= 11 is 0. The molecule has 1 N–H and O–H groups in total. The third-order valence-electron chi connectivity index (χ3n) is 3.34. The van der Waals surface area contributed by atoms with Gasteiger partial charge in [0.05, 0.1) is 10.5 Å². The van der Waals surface area contributed by atoms with E-state index in [1.165, 1.54) is 6.07 Å². The van der Waals surface area contributed by atoms with Crippen molar-refractivity contribution in [3.63, 3.8) is 0 Å². The molecule has 0 bridgehead atoms. The monoisotopic (exact) mass is 286 g/mol. The van der Waals surface area contributed by atoms with Gasteiger partial charge in [0.1, 0.15) is 0 Å². The van der Waals surface area contributed by atoms with Crippen LogP contribution in [-0.2, 0) is 0 Å². The third-order valence-corrected chi connectivity index (χ3v) is 3.34. The number of benzene rings is 1. The first-order chi connectivity index (χ1) is 10.0. The van der Waals surface area contributed by atoms with E-state index >= 15 is 0 Å². The molecule has 0 radical (unpaired) electrons. The van der Waals surface area contributed by atoms with Crippen LogP contribution in [0.15, 0.2) is 30.5 Å². The van der Waals surface area contributed by atoms with E-state index in [0.29, 0.717) is 11.4 Å². The van der Waals surface area contributed by atoms with Crippen LogP contribution in [0.2, 0.25) is 0 Å². The van der Waals surface area contributed by atoms with Gasteiger partial charge >= 0.3 is 0 Å². The second-order valence-electron chi connectivity index (χ2n) is 4.79. The van der Waals surface area contributed by atoms with Crippen LogP contribution in [0.1, 0.15) is 31.1 Å². The second kappa shape index (κ2) is 6.41. The Hall–Kier alpha value is -2.34. The summed E-state index contributed by atoms with van der Waals surface area (Å²) in [5.41, 5.74) is 2.28. The van der Waals surface area contributed by atoms with Crippen LogP contribution in [0.25, 0.3) is 11.4 Å². The van der Waals surface area contributed by atoms with Gasteiger partial charge in [-0.3, -0.25) is 10.1 Å². The van der Waals surface area contributed by atoms with Gasteiger partial charge in [0.25, 0.3) is 5.69 Å². The summed E-state index contributed by atoms with van der Waals surface area (Å²) in [6.07, 6.45) is 1.74. The van der Waals surface area contributed by atoms with Crippen molar-refractivity contribution in [1.29, 1.82) is 0 Å². The molecule has 0 spiro atoms. The van der Waals surface area contributed by atoms with Crippen LogP contribution in [-0.4, -0.2) is 21.4 Å². The van der Waals surface area contributed by atoms with Crippen molar-refractivity contribution in [3.8, 4) is 11.4 Å². The predicted octanol–water partition coefficient (Wildman–Crippen LogP) is 3.03. The van der Waals surface area contributed by atoms with Crippen molar-refractivity contribution in [2.45, 2.75) is 26.8 Å². The summed E-state index contributed by atoms with van der Waals surface area (Å²) in [6.45, 7) is 6.82. The lowest BCUT2D eigenvalue weighted by Crippen LogP contribution is -2.19. The summed E-state index contributed by atoms with van der Waals surface area (Å²) in [7, 11) is 0. The van der Waals surface area contributed by atoms with E-state index in [0.717, 1.165) is 17.8 Å². The van der Waals surface area contributed by atoms with Gasteiger partial charge in [0.15, 0.2) is 5.82 Å². The van der Waals surface area contributed by atoms with Gasteiger partial charge in [0.2, 0.25) is 0 Å². The fourth-order valence-electron chi connectivity index (χ4n) is 2.27. The molecular formula is C15H18N4O2. The molecule has 0 aliphatic rings. The molecule has 0 amide bonds. The molecule has 6 heteroatoms. The van der Waals surface area contributed by atoms with Gasteiger partial charge in [0, 0.05) is 29.6 Å². The molecule has 21 heavy (non-hydrogen) atoms. The molecule has 0 aliphatic heterocycles. The van der Waals surface area contributed by atoms with Crippen LogP contribution in [0.5, 0.6) is 0 Å². The number of rotatable bonds is 5. The molecule has 1 atom stereocenters. The molecule has 1 aromatic heterocycles. The number of aryl methyl sites for hydroxylation is 1. The van der Waals surface area contributed by atoms with Crippen LogP contribution < -0.4 is 5.32 Å². The smallest absolute Gasteiger partial charge is 0.280 e. The van der Waals surface area contributed by atoms with Gasteiger partial charge in [-0.1, -0.05) is 19.1 Å². The Balaban J connectivity index is 2.43. The van der Waals surface area contributed by atoms with Gasteiger partial charge < -0.3 is 5.32 Å². The fourth-order valence-corrected chi connectivity index (χ4v) is 2.27. The van der Waals surface area contributed by atoms with E-state index < -0.39 is 4.92 Å². The summed E-state index contributed by atoms with van der Waals surface area (Å²) in [5.74, 6) is 0.382. The number of nitrogens with zero attached hydrogens (tertiary/aromatic N) is 3. The largest absolute Gasteiger partial charge is 0.310 e. The molecule has 2 rings (SSSR count). The van der Waals surface area contributed by atoms with Crippen LogP contribution in [0, 0.1) is 17.0 Å². The molecule has 6 nitrogen and oxygen atoms in total. The quantitative estimate of drug-likeness (QED) is 0.675. The van der Waals surface area contributed by atoms with Crippen molar-refractivity contribution in [1.82, 2.24) is 15.3 Å². The van der Waals surface area contributed by atoms with Crippen molar-refractivity contribution >= 4 is 5.69 Å². The maximum absolute atomic E-state index is 11.1. The molecule has 110 valence electrons. The van der Waals surface area contributed by atoms with E-state index in [2.05, 4.69) is 15.3 Å². The van der Waals surface area contributed by atoms with Crippen molar-refractivity contribution in [2.75, 3.05) is 6.54 Å². The summed E-state index contributed by atoms with van der Waals surface area (Å²) in [5, 5.41) is 14.4. The number of para-hydroxylation sites is 1. The first-order valence-electron chi connectivity index (χ1n) is 6.85. The molecule has 0 saturated heterocycles. The standard InChI is InChI=1S/C15H18N4O2/c1-4-16-10(2)13-9-17-15(18-11(13)3)12-7-5-6-8-14(12)19(20)21/h5-10,16H,4H2,1-3H3. The number of nitro benzene ring substituents is 1. The van der Waals surface area contributed by atoms with Crippen LogP contribution in [0.3, 0.4) is 0 Å². The molecule has 0 aliphatic carbocycles. The minimum Gasteiger partial charge on any atom is -0.310 e. The maximum atomic E-state index is 11.1. The Morgan fingerprint density at radius 2 is 2.10 bits per heavy atom. The average molecular weight is 286 g/mol. The van der Waals surface area contributed by atoms with E-state index in [-0.39, 0.29) is 11.7 Å². The minimum absolute atomic E-state index is 0.0179. The Labute approximate surface area is 123 Å². The second-order valence-corrected chi connectivity index (χ2v) is 4.79. The Morgan fingerprint density at radius 3 is 2.71 bits per heavy atom. The van der Waals surface area contributed by atoms with Gasteiger partial charge in [-0.25, -0.2) is 9.97 Å². The topological polar surface area (TPSA) is 81.0 Å². The van der Waals surface area contributed by atoms with Crippen LogP contribution in [0.4, 0.5) is 5.69 Å². The van der Waals surface area contributed by atoms with E-state index in [9.17, 15) is 10.1 Å². The minimum atomic E-state index is -0.413. The number of hydrogen-bond acceptors (Lipinski definition) is 5. The highest BCUT2D eigenvalue weighted by molar-refractivity contribution is 5.67. The highest BCUT2D eigenvalue weighted by Crippen LogP contribution is 2.27. The molecular weight excluding hydrogens is 268 g/mol. The van der Waals surface area contributed by atoms with Crippen molar-refractivity contribution in [3.05, 3.63) is 51.8 Å². The van der Waals surface area contributed by atoms with Crippen LogP contribution >= 0.6 is 0 Å². The molecule has 0 fully saturated rings. The highest BCUT2D eigenvalue weighted by atomic mass is 16.6. The number of aromatic nitrogens is 2. The zero-order valence-corrected chi connectivity index (χ0v) is 12.3. The Bertz CT molecular complexity index is 658. The zero-order valence-electron chi connectivity index (χ0n) is 12.3. The molecule has 1 heterocycles. The van der Waals surface area contributed by atoms with E-state index in [4.69, 9.17) is 0 Å². The van der Waals surface area contributed by atoms with Gasteiger partial charge in [-0.2, -0.15) is 0 Å².